The van der Waals surface area contributed by atoms with Gasteiger partial charge in [-0.25, -0.2) is 0 Å². The number of rotatable bonds is 6. The van der Waals surface area contributed by atoms with Crippen LogP contribution in [0.2, 0.25) is 0 Å². The van der Waals surface area contributed by atoms with Crippen molar-refractivity contribution in [1.82, 2.24) is 0 Å². The lowest BCUT2D eigenvalue weighted by molar-refractivity contribution is 0.309. The van der Waals surface area contributed by atoms with E-state index in [4.69, 9.17) is 4.74 Å². The SMILES string of the molecule is C=[C]c1cc(OCCCC)cc(C(C)C)c1. The van der Waals surface area contributed by atoms with Gasteiger partial charge in [0.05, 0.1) is 6.61 Å². The lowest BCUT2D eigenvalue weighted by atomic mass is 10.0. The highest BCUT2D eigenvalue weighted by Gasteiger charge is 2.04. The molecule has 0 unspecified atom stereocenters. The average molecular weight is 217 g/mol. The minimum Gasteiger partial charge on any atom is -0.494 e. The van der Waals surface area contributed by atoms with Gasteiger partial charge >= 0.3 is 0 Å². The van der Waals surface area contributed by atoms with Crippen LogP contribution in [0, 0.1) is 6.08 Å². The summed E-state index contributed by atoms with van der Waals surface area (Å²) in [5, 5.41) is 0. The Hall–Kier alpha value is -1.24. The first kappa shape index (κ1) is 12.8. The molecule has 1 rings (SSSR count). The minimum atomic E-state index is 0.502. The fraction of sp³-hybridized carbons (Fsp3) is 0.467. The second-order valence-electron chi connectivity index (χ2n) is 4.32. The van der Waals surface area contributed by atoms with E-state index in [0.29, 0.717) is 5.92 Å². The predicted molar refractivity (Wildman–Crippen MR) is 68.9 cm³/mol. The quantitative estimate of drug-likeness (QED) is 0.644. The maximum atomic E-state index is 5.71. The molecule has 0 aliphatic rings. The normalized spacial score (nSPS) is 10.5. The molecule has 0 atom stereocenters. The molecule has 0 fully saturated rings. The fourth-order valence-corrected chi connectivity index (χ4v) is 1.48. The van der Waals surface area contributed by atoms with E-state index < -0.39 is 0 Å². The number of unbranched alkanes of at least 4 members (excludes halogenated alkanes) is 1. The summed E-state index contributed by atoms with van der Waals surface area (Å²) >= 11 is 0. The minimum absolute atomic E-state index is 0.502. The van der Waals surface area contributed by atoms with Crippen LogP contribution in [0.3, 0.4) is 0 Å². The molecule has 0 amide bonds. The van der Waals surface area contributed by atoms with Gasteiger partial charge in [-0.05, 0) is 41.7 Å². The van der Waals surface area contributed by atoms with E-state index >= 15 is 0 Å². The Morgan fingerprint density at radius 2 is 2.06 bits per heavy atom. The van der Waals surface area contributed by atoms with E-state index in [2.05, 4.69) is 45.6 Å². The molecule has 16 heavy (non-hydrogen) atoms. The van der Waals surface area contributed by atoms with Gasteiger partial charge in [-0.3, -0.25) is 0 Å². The van der Waals surface area contributed by atoms with Crippen LogP contribution in [-0.2, 0) is 0 Å². The van der Waals surface area contributed by atoms with Crippen LogP contribution < -0.4 is 4.74 Å². The maximum Gasteiger partial charge on any atom is 0.120 e. The van der Waals surface area contributed by atoms with Crippen LogP contribution in [0.4, 0.5) is 0 Å². The first-order valence-corrected chi connectivity index (χ1v) is 5.98. The van der Waals surface area contributed by atoms with Gasteiger partial charge in [-0.2, -0.15) is 0 Å². The van der Waals surface area contributed by atoms with E-state index in [-0.39, 0.29) is 0 Å². The Morgan fingerprint density at radius 3 is 2.62 bits per heavy atom. The van der Waals surface area contributed by atoms with E-state index in [0.717, 1.165) is 30.8 Å². The van der Waals surface area contributed by atoms with Gasteiger partial charge in [-0.15, -0.1) is 0 Å². The van der Waals surface area contributed by atoms with Crippen molar-refractivity contribution in [2.45, 2.75) is 39.5 Å². The molecule has 1 nitrogen and oxygen atoms in total. The molecule has 1 radical (unpaired) electrons. The highest BCUT2D eigenvalue weighted by molar-refractivity contribution is 5.38. The Labute approximate surface area is 99.1 Å². The standard InChI is InChI=1S/C15H21O/c1-5-7-8-16-15-10-13(6-2)9-14(11-15)12(3)4/h9-12H,2,5,7-8H2,1,3-4H3. The molecule has 1 heteroatoms. The summed E-state index contributed by atoms with van der Waals surface area (Å²) in [4.78, 5) is 0. The molecule has 0 N–H and O–H groups in total. The van der Waals surface area contributed by atoms with E-state index in [1.165, 1.54) is 5.56 Å². The third kappa shape index (κ3) is 3.73. The van der Waals surface area contributed by atoms with Gasteiger partial charge in [0.2, 0.25) is 0 Å². The molecule has 87 valence electrons. The van der Waals surface area contributed by atoms with Crippen LogP contribution in [0.5, 0.6) is 5.75 Å². The molecule has 0 spiro atoms. The Bertz CT molecular complexity index is 339. The zero-order valence-corrected chi connectivity index (χ0v) is 10.5. The summed E-state index contributed by atoms with van der Waals surface area (Å²) in [5.41, 5.74) is 2.29. The smallest absolute Gasteiger partial charge is 0.120 e. The van der Waals surface area contributed by atoms with Crippen LogP contribution >= 0.6 is 0 Å². The molecule has 1 aromatic carbocycles. The third-order valence-corrected chi connectivity index (χ3v) is 2.57. The van der Waals surface area contributed by atoms with E-state index in [9.17, 15) is 0 Å². The van der Waals surface area contributed by atoms with Crippen molar-refractivity contribution >= 4 is 0 Å². The lowest BCUT2D eigenvalue weighted by Crippen LogP contribution is -1.98. The van der Waals surface area contributed by atoms with Crippen LogP contribution in [0.15, 0.2) is 24.8 Å². The van der Waals surface area contributed by atoms with Gasteiger partial charge in [0, 0.05) is 0 Å². The van der Waals surface area contributed by atoms with Crippen molar-refractivity contribution in [1.29, 1.82) is 0 Å². The van der Waals surface area contributed by atoms with E-state index in [1.54, 1.807) is 0 Å². The molecule has 0 bridgehead atoms. The van der Waals surface area contributed by atoms with Gasteiger partial charge in [0.15, 0.2) is 0 Å². The Balaban J connectivity index is 2.82. The van der Waals surface area contributed by atoms with Crippen LogP contribution in [0.25, 0.3) is 0 Å². The fourth-order valence-electron chi connectivity index (χ4n) is 1.48. The van der Waals surface area contributed by atoms with Crippen LogP contribution in [0.1, 0.15) is 50.7 Å². The van der Waals surface area contributed by atoms with Gasteiger partial charge in [0.25, 0.3) is 0 Å². The molecule has 0 heterocycles. The second-order valence-corrected chi connectivity index (χ2v) is 4.32. The van der Waals surface area contributed by atoms with Gasteiger partial charge in [0.1, 0.15) is 5.75 Å². The molecule has 0 saturated heterocycles. The largest absolute Gasteiger partial charge is 0.494 e. The highest BCUT2D eigenvalue weighted by atomic mass is 16.5. The number of benzene rings is 1. The van der Waals surface area contributed by atoms with Crippen molar-refractivity contribution in [3.05, 3.63) is 42.0 Å². The summed E-state index contributed by atoms with van der Waals surface area (Å²) in [6.45, 7) is 11.0. The number of hydrogen-bond donors (Lipinski definition) is 0. The third-order valence-electron chi connectivity index (χ3n) is 2.57. The first-order valence-electron chi connectivity index (χ1n) is 5.98. The predicted octanol–water partition coefficient (Wildman–Crippen LogP) is 4.33. The topological polar surface area (TPSA) is 9.23 Å². The van der Waals surface area contributed by atoms with E-state index in [1.807, 2.05) is 6.07 Å². The molecule has 0 aliphatic heterocycles. The maximum absolute atomic E-state index is 5.71. The monoisotopic (exact) mass is 217 g/mol. The number of hydrogen-bond acceptors (Lipinski definition) is 1. The number of ether oxygens (including phenoxy) is 1. The van der Waals surface area contributed by atoms with Crippen molar-refractivity contribution in [3.8, 4) is 5.75 Å². The summed E-state index contributed by atoms with van der Waals surface area (Å²) in [7, 11) is 0. The zero-order valence-electron chi connectivity index (χ0n) is 10.5. The molecule has 0 aliphatic carbocycles. The molecule has 1 aromatic rings. The lowest BCUT2D eigenvalue weighted by Gasteiger charge is -2.11. The van der Waals surface area contributed by atoms with Crippen molar-refractivity contribution in [2.75, 3.05) is 6.61 Å². The van der Waals surface area contributed by atoms with Crippen molar-refractivity contribution in [2.24, 2.45) is 0 Å². The summed E-state index contributed by atoms with van der Waals surface area (Å²) in [5.74, 6) is 1.44. The van der Waals surface area contributed by atoms with Crippen molar-refractivity contribution in [3.63, 3.8) is 0 Å². The molecular weight excluding hydrogens is 196 g/mol. The van der Waals surface area contributed by atoms with Gasteiger partial charge in [-0.1, -0.05) is 39.8 Å². The summed E-state index contributed by atoms with van der Waals surface area (Å²) < 4.78 is 5.71. The van der Waals surface area contributed by atoms with Crippen LogP contribution in [-0.4, -0.2) is 6.61 Å². The highest BCUT2D eigenvalue weighted by Crippen LogP contribution is 2.23. The first-order chi connectivity index (χ1) is 7.67. The Kier molecular flexibility index (Phi) is 5.10. The summed E-state index contributed by atoms with van der Waals surface area (Å²) in [6, 6.07) is 6.22. The summed E-state index contributed by atoms with van der Waals surface area (Å²) in [6.07, 6.45) is 5.18. The molecule has 0 aromatic heterocycles. The van der Waals surface area contributed by atoms with Gasteiger partial charge < -0.3 is 4.74 Å². The average Bonchev–Trinajstić information content (AvgIpc) is 2.29. The van der Waals surface area contributed by atoms with Crippen molar-refractivity contribution < 1.29 is 4.74 Å². The zero-order chi connectivity index (χ0) is 12.0. The molecule has 0 saturated carbocycles. The second kappa shape index (κ2) is 6.37. The Morgan fingerprint density at radius 1 is 1.31 bits per heavy atom. The molecular formula is C15H21O.